The lowest BCUT2D eigenvalue weighted by Gasteiger charge is -2.21. The van der Waals surface area contributed by atoms with Crippen molar-refractivity contribution >= 4 is 5.91 Å². The molecule has 0 fully saturated rings. The number of carbonyl (C=O) groups is 1. The van der Waals surface area contributed by atoms with Gasteiger partial charge in [-0.25, -0.2) is 4.98 Å². The number of hydrogen-bond acceptors (Lipinski definition) is 3. The van der Waals surface area contributed by atoms with Crippen LogP contribution in [-0.4, -0.2) is 15.5 Å². The minimum atomic E-state index is -0.340. The maximum atomic E-state index is 12.7. The van der Waals surface area contributed by atoms with Crippen molar-refractivity contribution in [3.8, 4) is 0 Å². The van der Waals surface area contributed by atoms with E-state index in [1.165, 1.54) is 0 Å². The summed E-state index contributed by atoms with van der Waals surface area (Å²) in [6.45, 7) is 4.35. The number of amides is 1. The highest BCUT2D eigenvalue weighted by molar-refractivity contribution is 5.82. The number of hydrogen-bond donors (Lipinski definition) is 1. The molecule has 1 aromatic carbocycles. The van der Waals surface area contributed by atoms with E-state index < -0.39 is 0 Å². The molecule has 0 spiro atoms. The molecular weight excluding hydrogens is 302 g/mol. The smallest absolute Gasteiger partial charge is 0.231 e. The van der Waals surface area contributed by atoms with E-state index in [1.807, 2.05) is 67.1 Å². The molecule has 0 aliphatic heterocycles. The molecule has 2 atom stereocenters. The number of aromatic nitrogens is 2. The highest BCUT2D eigenvalue weighted by Crippen LogP contribution is 2.21. The first-order valence-electron chi connectivity index (χ1n) is 8.01. The molecule has 2 unspecified atom stereocenters. The Kier molecular flexibility index (Phi) is 4.79. The Balaban J connectivity index is 1.77. The van der Waals surface area contributed by atoms with Gasteiger partial charge in [-0.3, -0.25) is 4.79 Å². The number of aryl methyl sites for hydroxylation is 1. The zero-order valence-corrected chi connectivity index (χ0v) is 13.8. The molecular formula is C19H21N3O2. The number of rotatable bonds is 6. The van der Waals surface area contributed by atoms with Crippen LogP contribution in [0.15, 0.2) is 65.6 Å². The Morgan fingerprint density at radius 3 is 2.67 bits per heavy atom. The second-order valence-electron chi connectivity index (χ2n) is 5.90. The van der Waals surface area contributed by atoms with Crippen molar-refractivity contribution in [1.82, 2.24) is 14.9 Å². The second kappa shape index (κ2) is 7.17. The molecule has 3 rings (SSSR count). The third kappa shape index (κ3) is 3.74. The van der Waals surface area contributed by atoms with E-state index in [0.29, 0.717) is 12.3 Å². The predicted octanol–water partition coefficient (Wildman–Crippen LogP) is 3.45. The lowest BCUT2D eigenvalue weighted by atomic mass is 10.0. The minimum Gasteiger partial charge on any atom is -0.466 e. The molecule has 2 heterocycles. The fraction of sp³-hybridized carbons (Fsp3) is 0.263. The van der Waals surface area contributed by atoms with Gasteiger partial charge < -0.3 is 14.3 Å². The number of furan rings is 1. The molecule has 0 aliphatic rings. The highest BCUT2D eigenvalue weighted by atomic mass is 16.3. The van der Waals surface area contributed by atoms with E-state index >= 15 is 0 Å². The lowest BCUT2D eigenvalue weighted by Crippen LogP contribution is -2.34. The van der Waals surface area contributed by atoms with Crippen LogP contribution in [0.5, 0.6) is 0 Å². The van der Waals surface area contributed by atoms with Gasteiger partial charge in [0.1, 0.15) is 11.5 Å². The monoisotopic (exact) mass is 323 g/mol. The molecule has 0 bridgehead atoms. The molecule has 0 aliphatic carbocycles. The summed E-state index contributed by atoms with van der Waals surface area (Å²) >= 11 is 0. The Labute approximate surface area is 141 Å². The Morgan fingerprint density at radius 1 is 1.25 bits per heavy atom. The van der Waals surface area contributed by atoms with Gasteiger partial charge in [0.25, 0.3) is 0 Å². The van der Waals surface area contributed by atoms with Crippen LogP contribution in [0.4, 0.5) is 0 Å². The van der Waals surface area contributed by atoms with E-state index in [2.05, 4.69) is 10.3 Å². The summed E-state index contributed by atoms with van der Waals surface area (Å²) in [5, 5.41) is 3.13. The third-order valence-electron chi connectivity index (χ3n) is 4.05. The molecule has 124 valence electrons. The molecule has 24 heavy (non-hydrogen) atoms. The van der Waals surface area contributed by atoms with Crippen molar-refractivity contribution in [2.75, 3.05) is 0 Å². The van der Waals surface area contributed by atoms with Crippen molar-refractivity contribution in [2.24, 2.45) is 0 Å². The molecule has 1 N–H and O–H groups in total. The van der Waals surface area contributed by atoms with Gasteiger partial charge in [-0.05, 0) is 31.5 Å². The van der Waals surface area contributed by atoms with Gasteiger partial charge in [0.15, 0.2) is 0 Å². The van der Waals surface area contributed by atoms with Gasteiger partial charge in [0.05, 0.1) is 18.3 Å². The number of carbonyl (C=O) groups excluding carboxylic acids is 1. The summed E-state index contributed by atoms with van der Waals surface area (Å²) < 4.78 is 7.54. The van der Waals surface area contributed by atoms with Crippen LogP contribution < -0.4 is 5.32 Å². The fourth-order valence-corrected chi connectivity index (χ4v) is 2.64. The quantitative estimate of drug-likeness (QED) is 0.756. The maximum Gasteiger partial charge on any atom is 0.231 e. The first-order chi connectivity index (χ1) is 11.6. The number of benzene rings is 1. The maximum absolute atomic E-state index is 12.7. The second-order valence-corrected chi connectivity index (χ2v) is 5.90. The Bertz CT molecular complexity index is 778. The van der Waals surface area contributed by atoms with E-state index in [0.717, 1.165) is 11.3 Å². The molecule has 2 aromatic heterocycles. The standard InChI is InChI=1S/C19H21N3O2/c1-14-8-9-18(24-14)15(2)19(23)21-17(12-22-11-10-20-13-22)16-6-4-3-5-7-16/h3-11,13,15,17H,12H2,1-2H3,(H,21,23). The van der Waals surface area contributed by atoms with Crippen LogP contribution in [0.2, 0.25) is 0 Å². The van der Waals surface area contributed by atoms with Gasteiger partial charge in [-0.1, -0.05) is 30.3 Å². The van der Waals surface area contributed by atoms with Gasteiger partial charge in [0, 0.05) is 18.9 Å². The zero-order valence-electron chi connectivity index (χ0n) is 13.8. The summed E-state index contributed by atoms with van der Waals surface area (Å²) in [6, 6.07) is 13.5. The molecule has 5 heteroatoms. The third-order valence-corrected chi connectivity index (χ3v) is 4.05. The van der Waals surface area contributed by atoms with E-state index in [-0.39, 0.29) is 17.9 Å². The van der Waals surface area contributed by atoms with Crippen molar-refractivity contribution in [3.63, 3.8) is 0 Å². The summed E-state index contributed by atoms with van der Waals surface area (Å²) in [7, 11) is 0. The average Bonchev–Trinajstić information content (AvgIpc) is 3.26. The van der Waals surface area contributed by atoms with Crippen LogP contribution in [0, 0.1) is 6.92 Å². The summed E-state index contributed by atoms with van der Waals surface area (Å²) in [6.07, 6.45) is 5.38. The average molecular weight is 323 g/mol. The van der Waals surface area contributed by atoms with Crippen LogP contribution in [-0.2, 0) is 11.3 Å². The van der Waals surface area contributed by atoms with Gasteiger partial charge >= 0.3 is 0 Å². The Hall–Kier alpha value is -2.82. The molecule has 5 nitrogen and oxygen atoms in total. The predicted molar refractivity (Wildman–Crippen MR) is 91.4 cm³/mol. The van der Waals surface area contributed by atoms with Crippen molar-refractivity contribution in [2.45, 2.75) is 32.4 Å². The zero-order chi connectivity index (χ0) is 16.9. The number of nitrogens with one attached hydrogen (secondary N) is 1. The van der Waals surface area contributed by atoms with Crippen LogP contribution >= 0.6 is 0 Å². The summed E-state index contributed by atoms with van der Waals surface area (Å²) in [5.74, 6) is 1.09. The molecule has 0 saturated heterocycles. The fourth-order valence-electron chi connectivity index (χ4n) is 2.64. The first kappa shape index (κ1) is 16.1. The van der Waals surface area contributed by atoms with Gasteiger partial charge in [-0.15, -0.1) is 0 Å². The first-order valence-corrected chi connectivity index (χ1v) is 8.01. The van der Waals surface area contributed by atoms with Crippen molar-refractivity contribution in [1.29, 1.82) is 0 Å². The minimum absolute atomic E-state index is 0.0571. The van der Waals surface area contributed by atoms with Crippen molar-refractivity contribution < 1.29 is 9.21 Å². The van der Waals surface area contributed by atoms with Gasteiger partial charge in [0.2, 0.25) is 5.91 Å². The lowest BCUT2D eigenvalue weighted by molar-refractivity contribution is -0.123. The SMILES string of the molecule is Cc1ccc(C(C)C(=O)NC(Cn2ccnc2)c2ccccc2)o1. The van der Waals surface area contributed by atoms with Crippen LogP contribution in [0.3, 0.4) is 0 Å². The van der Waals surface area contributed by atoms with E-state index in [4.69, 9.17) is 4.42 Å². The van der Waals surface area contributed by atoms with Crippen LogP contribution in [0.1, 0.15) is 36.0 Å². The molecule has 0 radical (unpaired) electrons. The normalized spacial score (nSPS) is 13.4. The number of nitrogens with zero attached hydrogens (tertiary/aromatic N) is 2. The largest absolute Gasteiger partial charge is 0.466 e. The molecule has 1 amide bonds. The van der Waals surface area contributed by atoms with Gasteiger partial charge in [-0.2, -0.15) is 0 Å². The topological polar surface area (TPSA) is 60.1 Å². The van der Waals surface area contributed by atoms with Crippen LogP contribution in [0.25, 0.3) is 0 Å². The Morgan fingerprint density at radius 2 is 2.04 bits per heavy atom. The molecule has 3 aromatic rings. The van der Waals surface area contributed by atoms with E-state index in [9.17, 15) is 4.79 Å². The summed E-state index contributed by atoms with van der Waals surface area (Å²) in [5.41, 5.74) is 1.06. The van der Waals surface area contributed by atoms with Crippen molar-refractivity contribution in [3.05, 3.63) is 78.3 Å². The summed E-state index contributed by atoms with van der Waals surface area (Å²) in [4.78, 5) is 16.7. The highest BCUT2D eigenvalue weighted by Gasteiger charge is 2.22. The number of imidazole rings is 1. The molecule has 0 saturated carbocycles. The van der Waals surface area contributed by atoms with E-state index in [1.54, 1.807) is 12.5 Å².